The lowest BCUT2D eigenvalue weighted by Gasteiger charge is -2.35. The van der Waals surface area contributed by atoms with E-state index in [4.69, 9.17) is 14.2 Å². The molecule has 0 radical (unpaired) electrons. The maximum Gasteiger partial charge on any atom is 0.170 e. The number of hydrogen-bond acceptors (Lipinski definition) is 7. The molecule has 42 heavy (non-hydrogen) atoms. The standard InChI is InChI=1S/C35H34O7/c1-40-28-17-8-23(9-18-28)10-19-30(38)33-31(39)21-32(41-2)29-20-25(5-3-4-22-6-13-26(36)14-7-22)34(42-35(29)33)24-11-15-27(37)16-12-24/h3-4,6-9,11-18,21,25,34,36-37,39H,5,10,19-20H2,1-2H3/b4-3+/t25-,34+/m1/s1. The summed E-state index contributed by atoms with van der Waals surface area (Å²) < 4.78 is 17.5. The van der Waals surface area contributed by atoms with Crippen molar-refractivity contribution in [2.45, 2.75) is 31.8 Å². The van der Waals surface area contributed by atoms with Crippen LogP contribution in [-0.4, -0.2) is 35.3 Å². The van der Waals surface area contributed by atoms with E-state index in [2.05, 4.69) is 6.08 Å². The van der Waals surface area contributed by atoms with Crippen LogP contribution in [0.2, 0.25) is 0 Å². The highest BCUT2D eigenvalue weighted by Gasteiger charge is 2.36. The van der Waals surface area contributed by atoms with E-state index in [9.17, 15) is 20.1 Å². The zero-order valence-electron chi connectivity index (χ0n) is 23.6. The molecule has 216 valence electrons. The number of allylic oxidation sites excluding steroid dienone is 1. The second kappa shape index (κ2) is 12.7. The molecule has 5 rings (SSSR count). The number of carbonyl (C=O) groups excluding carboxylic acids is 1. The summed E-state index contributed by atoms with van der Waals surface area (Å²) in [5, 5.41) is 30.5. The summed E-state index contributed by atoms with van der Waals surface area (Å²) in [5.41, 5.74) is 3.68. The van der Waals surface area contributed by atoms with Crippen LogP contribution in [0.3, 0.4) is 0 Å². The molecule has 2 atom stereocenters. The minimum atomic E-state index is -0.442. The summed E-state index contributed by atoms with van der Waals surface area (Å²) in [4.78, 5) is 13.6. The third-order valence-electron chi connectivity index (χ3n) is 7.62. The Labute approximate surface area is 245 Å². The summed E-state index contributed by atoms with van der Waals surface area (Å²) >= 11 is 0. The maximum absolute atomic E-state index is 13.6. The molecule has 0 spiro atoms. The van der Waals surface area contributed by atoms with E-state index in [1.165, 1.54) is 13.2 Å². The number of Topliss-reactive ketones (excluding diaryl/α,β-unsaturated/α-hetero) is 1. The number of carbonyl (C=O) groups is 1. The van der Waals surface area contributed by atoms with Crippen molar-refractivity contribution in [3.05, 3.63) is 113 Å². The minimum absolute atomic E-state index is 0.0314. The molecule has 0 bridgehead atoms. The van der Waals surface area contributed by atoms with Gasteiger partial charge in [0.1, 0.15) is 46.2 Å². The lowest BCUT2D eigenvalue weighted by atomic mass is 9.82. The first kappa shape index (κ1) is 28.6. The fraction of sp³-hybridized carbons (Fsp3) is 0.229. The summed E-state index contributed by atoms with van der Waals surface area (Å²) in [6, 6.07) is 22.9. The molecule has 0 saturated carbocycles. The molecule has 0 amide bonds. The molecular formula is C35H34O7. The van der Waals surface area contributed by atoms with Crippen LogP contribution in [-0.2, 0) is 12.8 Å². The van der Waals surface area contributed by atoms with Crippen molar-refractivity contribution in [3.8, 4) is 34.5 Å². The van der Waals surface area contributed by atoms with E-state index >= 15 is 0 Å². The van der Waals surface area contributed by atoms with Gasteiger partial charge >= 0.3 is 0 Å². The molecule has 3 N–H and O–H groups in total. The van der Waals surface area contributed by atoms with E-state index in [0.717, 1.165) is 28.0 Å². The molecular weight excluding hydrogens is 532 g/mol. The predicted molar refractivity (Wildman–Crippen MR) is 161 cm³/mol. The Kier molecular flexibility index (Phi) is 8.67. The molecule has 1 aliphatic rings. The number of phenols is 3. The Hall–Kier alpha value is -4.91. The molecule has 7 nitrogen and oxygen atoms in total. The highest BCUT2D eigenvalue weighted by Crippen LogP contribution is 2.49. The molecule has 0 unspecified atom stereocenters. The number of hydrogen-bond donors (Lipinski definition) is 3. The molecule has 0 fully saturated rings. The van der Waals surface area contributed by atoms with Gasteiger partial charge in [0.2, 0.25) is 0 Å². The van der Waals surface area contributed by atoms with Gasteiger partial charge in [0.25, 0.3) is 0 Å². The van der Waals surface area contributed by atoms with E-state index in [1.807, 2.05) is 54.6 Å². The number of ether oxygens (including phenoxy) is 3. The average Bonchev–Trinajstić information content (AvgIpc) is 3.01. The number of phenolic OH excluding ortho intramolecular Hbond substituents is 3. The first-order chi connectivity index (χ1) is 20.4. The molecule has 1 aliphatic heterocycles. The lowest BCUT2D eigenvalue weighted by Crippen LogP contribution is -2.27. The molecule has 7 heteroatoms. The number of aromatic hydroxyl groups is 3. The van der Waals surface area contributed by atoms with Crippen LogP contribution in [0.1, 0.15) is 51.6 Å². The second-order valence-electron chi connectivity index (χ2n) is 10.4. The molecule has 4 aromatic carbocycles. The predicted octanol–water partition coefficient (Wildman–Crippen LogP) is 7.03. The summed E-state index contributed by atoms with van der Waals surface area (Å²) in [6.45, 7) is 0. The molecule has 1 heterocycles. The van der Waals surface area contributed by atoms with Crippen molar-refractivity contribution in [2.24, 2.45) is 5.92 Å². The largest absolute Gasteiger partial charge is 0.508 e. The van der Waals surface area contributed by atoms with Crippen molar-refractivity contribution in [1.82, 2.24) is 0 Å². The van der Waals surface area contributed by atoms with Gasteiger partial charge in [-0.2, -0.15) is 0 Å². The number of ketones is 1. The number of benzene rings is 4. The van der Waals surface area contributed by atoms with Crippen LogP contribution in [0.25, 0.3) is 6.08 Å². The zero-order valence-corrected chi connectivity index (χ0v) is 23.6. The Morgan fingerprint density at radius 1 is 0.905 bits per heavy atom. The highest BCUT2D eigenvalue weighted by atomic mass is 16.5. The van der Waals surface area contributed by atoms with Crippen molar-refractivity contribution in [1.29, 1.82) is 0 Å². The lowest BCUT2D eigenvalue weighted by molar-refractivity contribution is 0.0933. The monoisotopic (exact) mass is 566 g/mol. The fourth-order valence-electron chi connectivity index (χ4n) is 5.38. The van der Waals surface area contributed by atoms with Crippen LogP contribution in [0.15, 0.2) is 84.9 Å². The van der Waals surface area contributed by atoms with Gasteiger partial charge in [-0.25, -0.2) is 0 Å². The number of fused-ring (bicyclic) bond motifs is 1. The van der Waals surface area contributed by atoms with Gasteiger partial charge in [0, 0.05) is 24.0 Å². The normalized spacial score (nSPS) is 16.0. The van der Waals surface area contributed by atoms with Gasteiger partial charge in [-0.05, 0) is 72.4 Å². The molecule has 0 aliphatic carbocycles. The van der Waals surface area contributed by atoms with Gasteiger partial charge in [-0.15, -0.1) is 0 Å². The Morgan fingerprint density at radius 2 is 1.57 bits per heavy atom. The number of methoxy groups -OCH3 is 2. The first-order valence-corrected chi connectivity index (χ1v) is 13.9. The SMILES string of the molecule is COc1ccc(CCC(=O)c2c(O)cc(OC)c3c2O[C@@H](c2ccc(O)cc2)[C@H](C/C=C/c2ccc(O)cc2)C3)cc1. The van der Waals surface area contributed by atoms with Crippen molar-refractivity contribution >= 4 is 11.9 Å². The quantitative estimate of drug-likeness (QED) is 0.177. The van der Waals surface area contributed by atoms with Crippen LogP contribution in [0.5, 0.6) is 34.5 Å². The third-order valence-corrected chi connectivity index (χ3v) is 7.62. The van der Waals surface area contributed by atoms with Crippen molar-refractivity contribution < 1.29 is 34.3 Å². The van der Waals surface area contributed by atoms with Crippen LogP contribution < -0.4 is 14.2 Å². The van der Waals surface area contributed by atoms with Gasteiger partial charge in [0.15, 0.2) is 5.78 Å². The first-order valence-electron chi connectivity index (χ1n) is 13.9. The number of rotatable bonds is 10. The zero-order chi connectivity index (χ0) is 29.6. The van der Waals surface area contributed by atoms with E-state index < -0.39 is 6.10 Å². The van der Waals surface area contributed by atoms with Crippen molar-refractivity contribution in [2.75, 3.05) is 14.2 Å². The summed E-state index contributed by atoms with van der Waals surface area (Å²) in [5.74, 6) is 1.46. The van der Waals surface area contributed by atoms with E-state index in [1.54, 1.807) is 31.4 Å². The van der Waals surface area contributed by atoms with Gasteiger partial charge in [-0.1, -0.05) is 48.6 Å². The molecule has 0 saturated heterocycles. The number of aryl methyl sites for hydroxylation is 1. The second-order valence-corrected chi connectivity index (χ2v) is 10.4. The summed E-state index contributed by atoms with van der Waals surface area (Å²) in [7, 11) is 3.14. The third kappa shape index (κ3) is 6.36. The van der Waals surface area contributed by atoms with E-state index in [0.29, 0.717) is 30.8 Å². The minimum Gasteiger partial charge on any atom is -0.508 e. The van der Waals surface area contributed by atoms with Crippen LogP contribution in [0.4, 0.5) is 0 Å². The van der Waals surface area contributed by atoms with Gasteiger partial charge < -0.3 is 29.5 Å². The Morgan fingerprint density at radius 3 is 2.21 bits per heavy atom. The van der Waals surface area contributed by atoms with E-state index in [-0.39, 0.29) is 40.9 Å². The van der Waals surface area contributed by atoms with Gasteiger partial charge in [0.05, 0.1) is 14.2 Å². The van der Waals surface area contributed by atoms with Crippen molar-refractivity contribution in [3.63, 3.8) is 0 Å². The Balaban J connectivity index is 1.46. The van der Waals surface area contributed by atoms with Crippen LogP contribution in [0, 0.1) is 5.92 Å². The average molecular weight is 567 g/mol. The maximum atomic E-state index is 13.6. The molecule has 0 aromatic heterocycles. The Bertz CT molecular complexity index is 1560. The smallest absolute Gasteiger partial charge is 0.170 e. The molecule has 4 aromatic rings. The summed E-state index contributed by atoms with van der Waals surface area (Å²) in [6.07, 6.45) is 5.49. The van der Waals surface area contributed by atoms with Crippen LogP contribution >= 0.6 is 0 Å². The highest BCUT2D eigenvalue weighted by molar-refractivity contribution is 6.02. The van der Waals surface area contributed by atoms with Gasteiger partial charge in [-0.3, -0.25) is 4.79 Å². The topological polar surface area (TPSA) is 105 Å². The fourth-order valence-corrected chi connectivity index (χ4v) is 5.38.